The van der Waals surface area contributed by atoms with Crippen molar-refractivity contribution >= 4 is 19.7 Å². The van der Waals surface area contributed by atoms with Crippen LogP contribution in [0.5, 0.6) is 0 Å². The second-order valence-corrected chi connectivity index (χ2v) is 26.9. The molecule has 0 aliphatic heterocycles. The molecule has 0 fully saturated rings. The number of unbranched alkanes of at least 4 members (excludes halogenated alkanes) is 33. The van der Waals surface area contributed by atoms with E-state index in [1.165, 1.54) is 161 Å². The van der Waals surface area contributed by atoms with Crippen LogP contribution in [0.1, 0.15) is 316 Å². The molecule has 0 bridgehead atoms. The molecule has 1 amide bonds. The van der Waals surface area contributed by atoms with Crippen molar-refractivity contribution < 1.29 is 37.3 Å². The summed E-state index contributed by atoms with van der Waals surface area (Å²) < 4.78 is 30.9. The molecule has 0 saturated heterocycles. The summed E-state index contributed by atoms with van der Waals surface area (Å²) in [5.74, 6) is -0.522. The Hall–Kier alpha value is -3.33. The van der Waals surface area contributed by atoms with Gasteiger partial charge in [-0.25, -0.2) is 4.57 Å². The summed E-state index contributed by atoms with van der Waals surface area (Å²) >= 11 is 0. The van der Waals surface area contributed by atoms with Crippen LogP contribution in [-0.4, -0.2) is 74.3 Å². The maximum atomic E-state index is 13.6. The highest BCUT2D eigenvalue weighted by molar-refractivity contribution is 7.47. The maximum absolute atomic E-state index is 13.6. The molecule has 0 saturated carbocycles. The van der Waals surface area contributed by atoms with Gasteiger partial charge in [0.15, 0.2) is 0 Å². The summed E-state index contributed by atoms with van der Waals surface area (Å²) in [5.41, 5.74) is 0. The topological polar surface area (TPSA) is 111 Å². The molecule has 0 aliphatic rings. The number of phosphoric acid groups is 1. The summed E-state index contributed by atoms with van der Waals surface area (Å²) in [7, 11) is 1.48. The molecular weight excluding hydrogens is 1100 g/mol. The minimum Gasteiger partial charge on any atom is -0.456 e. The molecule has 3 atom stereocenters. The summed E-state index contributed by atoms with van der Waals surface area (Å²) in [6, 6.07) is -0.865. The minimum atomic E-state index is -4.47. The van der Waals surface area contributed by atoms with Gasteiger partial charge in [0.05, 0.1) is 33.8 Å². The number of amides is 1. The number of quaternary nitrogens is 1. The Labute approximate surface area is 538 Å². The van der Waals surface area contributed by atoms with Crippen molar-refractivity contribution in [2.75, 3.05) is 40.9 Å². The number of ether oxygens (including phenoxy) is 1. The average molecular weight is 1230 g/mol. The molecule has 0 aliphatic carbocycles. The Morgan fingerprint density at radius 3 is 1.07 bits per heavy atom. The SMILES string of the molecule is CCCCC/C=C\C/C=C\C/C=C\C/C=C\CCCCCCCCCCCC(=O)OC(/C=C/CCCCCCCCCCCCC)C(COP(=O)(O)OCC[N+](C)(C)C)NC(=O)CCCCCCCCC/C=C\C/C=C\C/C=C\C/C=C\CCCCC. The van der Waals surface area contributed by atoms with Crippen LogP contribution >= 0.6 is 7.82 Å². The third-order valence-electron chi connectivity index (χ3n) is 15.7. The van der Waals surface area contributed by atoms with Gasteiger partial charge in [0, 0.05) is 12.8 Å². The third-order valence-corrected chi connectivity index (χ3v) is 16.7. The Kier molecular flexibility index (Phi) is 63.1. The molecule has 0 spiro atoms. The van der Waals surface area contributed by atoms with Crippen molar-refractivity contribution in [3.8, 4) is 0 Å². The minimum absolute atomic E-state index is 0.0320. The number of nitrogens with zero attached hydrogens (tertiary/aromatic N) is 1. The highest BCUT2D eigenvalue weighted by atomic mass is 31.2. The fraction of sp³-hybridized carbons (Fsp3) is 0.740. The third kappa shape index (κ3) is 66.9. The number of hydrogen-bond donors (Lipinski definition) is 2. The van der Waals surface area contributed by atoms with Crippen LogP contribution < -0.4 is 5.32 Å². The van der Waals surface area contributed by atoms with E-state index in [2.05, 4.69) is 123 Å². The van der Waals surface area contributed by atoms with E-state index in [4.69, 9.17) is 13.8 Å². The second kappa shape index (κ2) is 65.6. The molecule has 2 N–H and O–H groups in total. The zero-order chi connectivity index (χ0) is 63.5. The van der Waals surface area contributed by atoms with E-state index in [0.29, 0.717) is 17.4 Å². The predicted molar refractivity (Wildman–Crippen MR) is 378 cm³/mol. The quantitative estimate of drug-likeness (QED) is 0.0205. The first-order valence-electron chi connectivity index (χ1n) is 36.2. The van der Waals surface area contributed by atoms with E-state index in [1.54, 1.807) is 0 Å². The van der Waals surface area contributed by atoms with Crippen molar-refractivity contribution in [3.05, 3.63) is 109 Å². The number of nitrogens with one attached hydrogen (secondary N) is 1. The molecule has 3 unspecified atom stereocenters. The van der Waals surface area contributed by atoms with Crippen LogP contribution in [0.15, 0.2) is 109 Å². The zero-order valence-electron chi connectivity index (χ0n) is 57.5. The standard InChI is InChI=1S/C77H137N2O7P/c1-7-10-13-16-19-22-25-28-30-32-34-36-38-39-41-43-45-47-49-52-55-58-61-64-67-70-77(81)86-75(68-65-62-59-56-53-50-27-24-21-18-15-12-9-3)74(73-85-87(82,83)84-72-71-79(4,5)6)78-76(80)69-66-63-60-57-54-51-48-46-44-42-40-37-35-33-31-29-26-23-20-17-14-11-8-2/h19-20,22-23,28-31,34-37,39,41-42,44,65,68,74-75H,7-18,21,24-27,32-33,38,40,43,45-64,66-67,69-73H2,1-6H3,(H-,78,80,82,83)/p+1/b22-19-,23-20-,30-28-,31-29-,36-34-,37-35-,41-39-,44-42-,68-65+. The second-order valence-electron chi connectivity index (χ2n) is 25.4. The lowest BCUT2D eigenvalue weighted by atomic mass is 10.0. The summed E-state index contributed by atoms with van der Waals surface area (Å²) in [4.78, 5) is 38.0. The number of carbonyl (C=O) groups is 2. The molecular formula is C77H138N2O7P+. The highest BCUT2D eigenvalue weighted by Crippen LogP contribution is 2.43. The molecule has 87 heavy (non-hydrogen) atoms. The summed E-state index contributed by atoms with van der Waals surface area (Å²) in [6.45, 7) is 6.96. The molecule has 10 heteroatoms. The van der Waals surface area contributed by atoms with Crippen LogP contribution in [0.2, 0.25) is 0 Å². The largest absolute Gasteiger partial charge is 0.472 e. The molecule has 0 aromatic heterocycles. The number of esters is 1. The fourth-order valence-corrected chi connectivity index (χ4v) is 10.8. The van der Waals surface area contributed by atoms with E-state index < -0.39 is 20.0 Å². The first kappa shape index (κ1) is 83.7. The van der Waals surface area contributed by atoms with Crippen LogP contribution in [0.3, 0.4) is 0 Å². The van der Waals surface area contributed by atoms with E-state index in [0.717, 1.165) is 122 Å². The Bertz CT molecular complexity index is 1860. The van der Waals surface area contributed by atoms with Crippen LogP contribution in [-0.2, 0) is 27.9 Å². The van der Waals surface area contributed by atoms with Gasteiger partial charge in [-0.1, -0.05) is 291 Å². The van der Waals surface area contributed by atoms with Crippen molar-refractivity contribution in [1.82, 2.24) is 5.32 Å². The van der Waals surface area contributed by atoms with E-state index in [-0.39, 0.29) is 31.5 Å². The molecule has 0 radical (unpaired) electrons. The highest BCUT2D eigenvalue weighted by Gasteiger charge is 2.30. The van der Waals surface area contributed by atoms with E-state index >= 15 is 0 Å². The number of hydrogen-bond acceptors (Lipinski definition) is 6. The zero-order valence-corrected chi connectivity index (χ0v) is 58.4. The number of rotatable bonds is 65. The molecule has 0 heterocycles. The van der Waals surface area contributed by atoms with Gasteiger partial charge in [-0.15, -0.1) is 0 Å². The lowest BCUT2D eigenvalue weighted by molar-refractivity contribution is -0.870. The summed E-state index contributed by atoms with van der Waals surface area (Å²) in [5, 5.41) is 3.07. The van der Waals surface area contributed by atoms with Crippen LogP contribution in [0, 0.1) is 0 Å². The first-order valence-corrected chi connectivity index (χ1v) is 37.7. The summed E-state index contributed by atoms with van der Waals surface area (Å²) in [6.07, 6.45) is 90.9. The average Bonchev–Trinajstić information content (AvgIpc) is 3.70. The number of likely N-dealkylation sites (N-methyl/N-ethyl adjacent to an activating group) is 1. The van der Waals surface area contributed by atoms with Gasteiger partial charge in [-0.05, 0) is 122 Å². The van der Waals surface area contributed by atoms with Gasteiger partial charge in [-0.3, -0.25) is 18.6 Å². The lowest BCUT2D eigenvalue weighted by Gasteiger charge is -2.27. The number of allylic oxidation sites excluding steroid dienone is 17. The Morgan fingerprint density at radius 2 is 0.701 bits per heavy atom. The lowest BCUT2D eigenvalue weighted by Crippen LogP contribution is -2.47. The van der Waals surface area contributed by atoms with E-state index in [1.807, 2.05) is 33.3 Å². The van der Waals surface area contributed by atoms with Gasteiger partial charge in [0.25, 0.3) is 0 Å². The van der Waals surface area contributed by atoms with Gasteiger partial charge in [0.1, 0.15) is 19.3 Å². The number of carbonyl (C=O) groups excluding carboxylic acids is 2. The van der Waals surface area contributed by atoms with E-state index in [9.17, 15) is 19.0 Å². The van der Waals surface area contributed by atoms with Gasteiger partial charge in [0.2, 0.25) is 5.91 Å². The molecule has 9 nitrogen and oxygen atoms in total. The molecule has 502 valence electrons. The van der Waals surface area contributed by atoms with Gasteiger partial charge in [-0.2, -0.15) is 0 Å². The predicted octanol–water partition coefficient (Wildman–Crippen LogP) is 23.2. The monoisotopic (exact) mass is 1230 g/mol. The van der Waals surface area contributed by atoms with Crippen LogP contribution in [0.4, 0.5) is 0 Å². The van der Waals surface area contributed by atoms with Crippen molar-refractivity contribution in [1.29, 1.82) is 0 Å². The molecule has 0 aromatic carbocycles. The number of phosphoric ester groups is 1. The normalized spacial score (nSPS) is 14.1. The first-order chi connectivity index (χ1) is 42.4. The fourth-order valence-electron chi connectivity index (χ4n) is 10.1. The van der Waals surface area contributed by atoms with Crippen molar-refractivity contribution in [3.63, 3.8) is 0 Å². The van der Waals surface area contributed by atoms with Crippen molar-refractivity contribution in [2.45, 2.75) is 328 Å². The van der Waals surface area contributed by atoms with Gasteiger partial charge >= 0.3 is 13.8 Å². The van der Waals surface area contributed by atoms with Crippen LogP contribution in [0.25, 0.3) is 0 Å². The Balaban J connectivity index is 5.15. The maximum Gasteiger partial charge on any atom is 0.472 e. The molecule has 0 rings (SSSR count). The molecule has 0 aromatic rings. The van der Waals surface area contributed by atoms with Crippen molar-refractivity contribution in [2.24, 2.45) is 0 Å². The Morgan fingerprint density at radius 1 is 0.402 bits per heavy atom. The van der Waals surface area contributed by atoms with Gasteiger partial charge < -0.3 is 19.4 Å². The smallest absolute Gasteiger partial charge is 0.456 e.